The van der Waals surface area contributed by atoms with Crippen LogP contribution in [0.4, 0.5) is 24.5 Å². The van der Waals surface area contributed by atoms with E-state index in [1.807, 2.05) is 5.32 Å². The fourth-order valence-corrected chi connectivity index (χ4v) is 2.24. The minimum atomic E-state index is -4.94. The van der Waals surface area contributed by atoms with Crippen LogP contribution in [-0.2, 0) is 15.7 Å². The summed E-state index contributed by atoms with van der Waals surface area (Å²) in [6.07, 6.45) is -4.94. The number of nitrogens with one attached hydrogen (secondary N) is 1. The van der Waals surface area contributed by atoms with Crippen molar-refractivity contribution in [1.82, 2.24) is 0 Å². The van der Waals surface area contributed by atoms with Gasteiger partial charge in [0.25, 0.3) is 11.6 Å². The van der Waals surface area contributed by atoms with E-state index in [4.69, 9.17) is 9.47 Å². The van der Waals surface area contributed by atoms with Crippen molar-refractivity contribution in [3.63, 3.8) is 0 Å². The van der Waals surface area contributed by atoms with E-state index in [0.29, 0.717) is 18.4 Å². The van der Waals surface area contributed by atoms with Gasteiger partial charge in [0.1, 0.15) is 5.75 Å². The van der Waals surface area contributed by atoms with E-state index in [2.05, 4.69) is 0 Å². The number of nitrogens with zero attached hydrogens (tertiary/aromatic N) is 1. The molecule has 0 saturated heterocycles. The lowest BCUT2D eigenvalue weighted by atomic mass is 10.1. The molecule has 0 radical (unpaired) electrons. The molecular weight excluding hydrogens is 397 g/mol. The number of ether oxygens (including phenoxy) is 2. The molecule has 2 rings (SSSR count). The molecule has 1 amide bonds. The molecule has 2 aromatic carbocycles. The second-order valence-corrected chi connectivity index (χ2v) is 5.57. The largest absolute Gasteiger partial charge is 0.494 e. The number of amides is 1. The number of rotatable bonds is 7. The topological polar surface area (TPSA) is 108 Å². The van der Waals surface area contributed by atoms with Crippen molar-refractivity contribution in [3.05, 3.63) is 63.7 Å². The molecule has 0 aliphatic carbocycles. The second-order valence-electron chi connectivity index (χ2n) is 5.57. The number of esters is 1. The van der Waals surface area contributed by atoms with E-state index in [-0.39, 0.29) is 5.56 Å². The zero-order valence-electron chi connectivity index (χ0n) is 15.0. The maximum absolute atomic E-state index is 13.1. The van der Waals surface area contributed by atoms with Gasteiger partial charge in [0.2, 0.25) is 0 Å². The third-order valence-corrected chi connectivity index (χ3v) is 3.53. The average Bonchev–Trinajstić information content (AvgIpc) is 2.66. The highest BCUT2D eigenvalue weighted by Gasteiger charge is 2.35. The average molecular weight is 412 g/mol. The Kier molecular flexibility index (Phi) is 6.75. The first-order valence-electron chi connectivity index (χ1n) is 8.17. The number of halogens is 3. The van der Waals surface area contributed by atoms with Crippen LogP contribution in [0.25, 0.3) is 0 Å². The maximum Gasteiger partial charge on any atom is 0.418 e. The standard InChI is InChI=1S/C18H15F3N2O6/c1-2-28-13-6-3-11(4-7-13)17(25)29-10-16(24)22-15-8-5-12(23(26)27)9-14(15)18(19,20)21/h3-9H,2,10H2,1H3,(H,22,24). The molecule has 1 N–H and O–H groups in total. The Balaban J connectivity index is 2.03. The first kappa shape index (κ1) is 21.7. The lowest BCUT2D eigenvalue weighted by Gasteiger charge is -2.13. The molecule has 2 aromatic rings. The summed E-state index contributed by atoms with van der Waals surface area (Å²) in [5.74, 6) is -1.37. The van der Waals surface area contributed by atoms with Crippen LogP contribution in [0, 0.1) is 10.1 Å². The van der Waals surface area contributed by atoms with Gasteiger partial charge in [-0.05, 0) is 37.3 Å². The normalized spacial score (nSPS) is 10.9. The SMILES string of the molecule is CCOc1ccc(C(=O)OCC(=O)Nc2ccc([N+](=O)[O-])cc2C(F)(F)F)cc1. The van der Waals surface area contributed by atoms with Crippen molar-refractivity contribution in [1.29, 1.82) is 0 Å². The van der Waals surface area contributed by atoms with Gasteiger partial charge in [0.05, 0.1) is 28.3 Å². The van der Waals surface area contributed by atoms with Gasteiger partial charge in [-0.25, -0.2) is 4.79 Å². The van der Waals surface area contributed by atoms with Crippen LogP contribution in [-0.4, -0.2) is 30.0 Å². The molecule has 0 spiro atoms. The van der Waals surface area contributed by atoms with Crippen LogP contribution in [0.1, 0.15) is 22.8 Å². The number of hydrogen-bond acceptors (Lipinski definition) is 6. The van der Waals surface area contributed by atoms with Crippen molar-refractivity contribution in [2.24, 2.45) is 0 Å². The molecular formula is C18H15F3N2O6. The van der Waals surface area contributed by atoms with Crippen molar-refractivity contribution >= 4 is 23.3 Å². The van der Waals surface area contributed by atoms with Gasteiger partial charge in [0.15, 0.2) is 6.61 Å². The molecule has 0 aliphatic rings. The summed E-state index contributed by atoms with van der Waals surface area (Å²) in [5.41, 5.74) is -2.74. The Morgan fingerprint density at radius 2 is 1.79 bits per heavy atom. The van der Waals surface area contributed by atoms with E-state index in [1.54, 1.807) is 6.92 Å². The van der Waals surface area contributed by atoms with E-state index >= 15 is 0 Å². The molecule has 0 saturated carbocycles. The Bertz CT molecular complexity index is 913. The summed E-state index contributed by atoms with van der Waals surface area (Å²) in [6, 6.07) is 7.73. The van der Waals surface area contributed by atoms with Gasteiger partial charge in [-0.2, -0.15) is 13.2 Å². The molecule has 29 heavy (non-hydrogen) atoms. The second kappa shape index (κ2) is 9.04. The van der Waals surface area contributed by atoms with Crippen molar-refractivity contribution in [2.45, 2.75) is 13.1 Å². The number of nitro groups is 1. The number of non-ortho nitro benzene ring substituents is 1. The van der Waals surface area contributed by atoms with Crippen LogP contribution in [0.15, 0.2) is 42.5 Å². The van der Waals surface area contributed by atoms with Crippen LogP contribution in [0.2, 0.25) is 0 Å². The minimum Gasteiger partial charge on any atom is -0.494 e. The van der Waals surface area contributed by atoms with E-state index in [1.165, 1.54) is 24.3 Å². The number of anilines is 1. The van der Waals surface area contributed by atoms with E-state index in [9.17, 15) is 32.9 Å². The number of alkyl halides is 3. The molecule has 0 unspecified atom stereocenters. The van der Waals surface area contributed by atoms with Gasteiger partial charge < -0.3 is 14.8 Å². The van der Waals surface area contributed by atoms with E-state index < -0.39 is 46.5 Å². The molecule has 0 aliphatic heterocycles. The van der Waals surface area contributed by atoms with Crippen molar-refractivity contribution in [3.8, 4) is 5.75 Å². The summed E-state index contributed by atoms with van der Waals surface area (Å²) < 4.78 is 49.3. The Morgan fingerprint density at radius 3 is 2.34 bits per heavy atom. The summed E-state index contributed by atoms with van der Waals surface area (Å²) in [5, 5.41) is 12.6. The minimum absolute atomic E-state index is 0.118. The first-order valence-corrected chi connectivity index (χ1v) is 8.17. The van der Waals surface area contributed by atoms with Crippen LogP contribution < -0.4 is 10.1 Å². The lowest BCUT2D eigenvalue weighted by molar-refractivity contribution is -0.385. The summed E-state index contributed by atoms with van der Waals surface area (Å²) in [6.45, 7) is 1.38. The molecule has 0 fully saturated rings. The zero-order valence-corrected chi connectivity index (χ0v) is 15.0. The molecule has 0 atom stereocenters. The summed E-state index contributed by atoms with van der Waals surface area (Å²) in [7, 11) is 0. The number of benzene rings is 2. The quantitative estimate of drug-likeness (QED) is 0.421. The van der Waals surface area contributed by atoms with E-state index in [0.717, 1.165) is 12.1 Å². The molecule has 154 valence electrons. The van der Waals surface area contributed by atoms with Crippen LogP contribution in [0.5, 0.6) is 5.75 Å². The number of carbonyl (C=O) groups is 2. The highest BCUT2D eigenvalue weighted by atomic mass is 19.4. The maximum atomic E-state index is 13.1. The Labute approximate surface area is 162 Å². The number of nitro benzene ring substituents is 1. The lowest BCUT2D eigenvalue weighted by Crippen LogP contribution is -2.22. The molecule has 0 aromatic heterocycles. The third kappa shape index (κ3) is 5.92. The third-order valence-electron chi connectivity index (χ3n) is 3.53. The van der Waals surface area contributed by atoms with Crippen LogP contribution >= 0.6 is 0 Å². The molecule has 8 nitrogen and oxygen atoms in total. The van der Waals surface area contributed by atoms with Crippen molar-refractivity contribution < 1.29 is 37.2 Å². The Hall–Kier alpha value is -3.63. The predicted molar refractivity (Wildman–Crippen MR) is 94.6 cm³/mol. The number of carbonyl (C=O) groups excluding carboxylic acids is 2. The summed E-state index contributed by atoms with van der Waals surface area (Å²) in [4.78, 5) is 33.5. The van der Waals surface area contributed by atoms with Gasteiger partial charge in [-0.1, -0.05) is 0 Å². The highest BCUT2D eigenvalue weighted by Crippen LogP contribution is 2.37. The predicted octanol–water partition coefficient (Wildman–Crippen LogP) is 3.81. The highest BCUT2D eigenvalue weighted by molar-refractivity contribution is 5.96. The smallest absolute Gasteiger partial charge is 0.418 e. The van der Waals surface area contributed by atoms with Gasteiger partial charge in [-0.15, -0.1) is 0 Å². The van der Waals surface area contributed by atoms with Gasteiger partial charge in [0, 0.05) is 12.1 Å². The number of hydrogen-bond donors (Lipinski definition) is 1. The molecule has 0 heterocycles. The fourth-order valence-electron chi connectivity index (χ4n) is 2.24. The van der Waals surface area contributed by atoms with Crippen LogP contribution in [0.3, 0.4) is 0 Å². The zero-order chi connectivity index (χ0) is 21.6. The molecule has 11 heteroatoms. The summed E-state index contributed by atoms with van der Waals surface area (Å²) >= 11 is 0. The fraction of sp³-hybridized carbons (Fsp3) is 0.222. The molecule has 0 bridgehead atoms. The Morgan fingerprint density at radius 1 is 1.14 bits per heavy atom. The first-order chi connectivity index (χ1) is 13.6. The monoisotopic (exact) mass is 412 g/mol. The van der Waals surface area contributed by atoms with Gasteiger partial charge >= 0.3 is 12.1 Å². The van der Waals surface area contributed by atoms with Crippen molar-refractivity contribution in [2.75, 3.05) is 18.5 Å². The van der Waals surface area contributed by atoms with Gasteiger partial charge in [-0.3, -0.25) is 14.9 Å².